The second-order valence-corrected chi connectivity index (χ2v) is 4.04. The lowest BCUT2D eigenvalue weighted by Gasteiger charge is -2.09. The minimum Gasteiger partial charge on any atom is -0.369 e. The van der Waals surface area contributed by atoms with E-state index in [4.69, 9.17) is 0 Å². The summed E-state index contributed by atoms with van der Waals surface area (Å²) in [7, 11) is 0. The number of pyridine rings is 1. The summed E-state index contributed by atoms with van der Waals surface area (Å²) in [6, 6.07) is 3.50. The van der Waals surface area contributed by atoms with Gasteiger partial charge in [-0.15, -0.1) is 0 Å². The predicted octanol–water partition coefficient (Wildman–Crippen LogP) is 1.56. The highest BCUT2D eigenvalue weighted by Crippen LogP contribution is 2.11. The molecule has 0 spiro atoms. The lowest BCUT2D eigenvalue weighted by molar-refractivity contribution is 0.0950. The molecule has 6 heteroatoms. The Morgan fingerprint density at radius 2 is 2.26 bits per heavy atom. The van der Waals surface area contributed by atoms with Crippen LogP contribution in [0.25, 0.3) is 0 Å². The summed E-state index contributed by atoms with van der Waals surface area (Å²) in [5.41, 5.74) is 0.544. The van der Waals surface area contributed by atoms with E-state index in [0.29, 0.717) is 17.9 Å². The van der Waals surface area contributed by atoms with Gasteiger partial charge < -0.3 is 15.6 Å². The second kappa shape index (κ2) is 6.53. The number of hydrogen-bond donors (Lipinski definition) is 3. The maximum Gasteiger partial charge on any atom is 0.255 e. The van der Waals surface area contributed by atoms with Crippen LogP contribution in [0.1, 0.15) is 29.5 Å². The van der Waals surface area contributed by atoms with Crippen molar-refractivity contribution in [2.45, 2.75) is 19.9 Å². The van der Waals surface area contributed by atoms with Crippen LogP contribution in [-0.4, -0.2) is 27.4 Å². The first-order chi connectivity index (χ1) is 9.31. The van der Waals surface area contributed by atoms with Gasteiger partial charge in [0.25, 0.3) is 5.91 Å². The molecule has 0 aliphatic rings. The first-order valence-corrected chi connectivity index (χ1v) is 6.26. The third kappa shape index (κ3) is 3.54. The highest BCUT2D eigenvalue weighted by Gasteiger charge is 2.11. The standard InChI is InChI=1S/C13H17N5O/c1-2-5-16-12-10(4-3-6-17-12)13(19)18-9-11-14-7-8-15-11/h3-4,6-8H,2,5,9H2,1H3,(H,14,15)(H,16,17)(H,18,19). The molecule has 0 radical (unpaired) electrons. The fourth-order valence-corrected chi connectivity index (χ4v) is 1.63. The monoisotopic (exact) mass is 259 g/mol. The first kappa shape index (κ1) is 13.1. The number of amides is 1. The number of nitrogens with zero attached hydrogens (tertiary/aromatic N) is 2. The van der Waals surface area contributed by atoms with Crippen molar-refractivity contribution in [3.63, 3.8) is 0 Å². The minimum absolute atomic E-state index is 0.164. The van der Waals surface area contributed by atoms with E-state index >= 15 is 0 Å². The maximum absolute atomic E-state index is 12.1. The Morgan fingerprint density at radius 3 is 3.00 bits per heavy atom. The number of nitrogens with one attached hydrogen (secondary N) is 3. The Bertz CT molecular complexity index is 524. The SMILES string of the molecule is CCCNc1ncccc1C(=O)NCc1ncc[nH]1. The number of imidazole rings is 1. The third-order valence-electron chi connectivity index (χ3n) is 2.57. The average molecular weight is 259 g/mol. The number of hydrogen-bond acceptors (Lipinski definition) is 4. The number of H-pyrrole nitrogens is 1. The molecule has 0 atom stereocenters. The van der Waals surface area contributed by atoms with Crippen molar-refractivity contribution in [3.8, 4) is 0 Å². The van der Waals surface area contributed by atoms with Gasteiger partial charge in [0, 0.05) is 25.1 Å². The fraction of sp³-hybridized carbons (Fsp3) is 0.308. The summed E-state index contributed by atoms with van der Waals surface area (Å²) in [6.45, 7) is 3.22. The maximum atomic E-state index is 12.1. The predicted molar refractivity (Wildman–Crippen MR) is 72.8 cm³/mol. The van der Waals surface area contributed by atoms with Crippen molar-refractivity contribution in [3.05, 3.63) is 42.1 Å². The van der Waals surface area contributed by atoms with Crippen molar-refractivity contribution in [1.29, 1.82) is 0 Å². The van der Waals surface area contributed by atoms with Crippen molar-refractivity contribution in [1.82, 2.24) is 20.3 Å². The normalized spacial score (nSPS) is 10.2. The molecule has 0 saturated heterocycles. The highest BCUT2D eigenvalue weighted by atomic mass is 16.1. The van der Waals surface area contributed by atoms with E-state index in [9.17, 15) is 4.79 Å². The number of aromatic amines is 1. The average Bonchev–Trinajstić information content (AvgIpc) is 2.96. The molecule has 1 amide bonds. The van der Waals surface area contributed by atoms with Gasteiger partial charge in [-0.3, -0.25) is 4.79 Å². The summed E-state index contributed by atoms with van der Waals surface area (Å²) < 4.78 is 0. The number of carbonyl (C=O) groups is 1. The molecule has 6 nitrogen and oxygen atoms in total. The molecular formula is C13H17N5O. The van der Waals surface area contributed by atoms with Crippen LogP contribution in [0.2, 0.25) is 0 Å². The van der Waals surface area contributed by atoms with Gasteiger partial charge in [0.15, 0.2) is 0 Å². The van der Waals surface area contributed by atoms with Crippen LogP contribution in [0.3, 0.4) is 0 Å². The molecule has 2 heterocycles. The molecule has 3 N–H and O–H groups in total. The van der Waals surface area contributed by atoms with Crippen molar-refractivity contribution < 1.29 is 4.79 Å². The summed E-state index contributed by atoms with van der Waals surface area (Å²) in [4.78, 5) is 23.3. The van der Waals surface area contributed by atoms with Crippen molar-refractivity contribution >= 4 is 11.7 Å². The Labute approximate surface area is 111 Å². The van der Waals surface area contributed by atoms with Crippen LogP contribution >= 0.6 is 0 Å². The number of rotatable bonds is 6. The van der Waals surface area contributed by atoms with Crippen LogP contribution in [-0.2, 0) is 6.54 Å². The Morgan fingerprint density at radius 1 is 1.37 bits per heavy atom. The zero-order valence-electron chi connectivity index (χ0n) is 10.8. The van der Waals surface area contributed by atoms with E-state index in [0.717, 1.165) is 18.8 Å². The Hall–Kier alpha value is -2.37. The minimum atomic E-state index is -0.164. The van der Waals surface area contributed by atoms with Gasteiger partial charge in [-0.1, -0.05) is 6.92 Å². The van der Waals surface area contributed by atoms with Gasteiger partial charge >= 0.3 is 0 Å². The molecule has 0 fully saturated rings. The first-order valence-electron chi connectivity index (χ1n) is 6.26. The second-order valence-electron chi connectivity index (χ2n) is 4.04. The molecule has 100 valence electrons. The zero-order chi connectivity index (χ0) is 13.5. The Kier molecular flexibility index (Phi) is 4.49. The van der Waals surface area contributed by atoms with E-state index in [1.807, 2.05) is 0 Å². The number of anilines is 1. The molecule has 2 rings (SSSR count). The van der Waals surface area contributed by atoms with Gasteiger partial charge in [0.2, 0.25) is 0 Å². The van der Waals surface area contributed by atoms with Gasteiger partial charge in [-0.05, 0) is 18.6 Å². The summed E-state index contributed by atoms with van der Waals surface area (Å²) >= 11 is 0. The molecule has 19 heavy (non-hydrogen) atoms. The number of carbonyl (C=O) groups excluding carboxylic acids is 1. The van der Waals surface area contributed by atoms with E-state index in [-0.39, 0.29) is 5.91 Å². The summed E-state index contributed by atoms with van der Waals surface area (Å²) in [5, 5.41) is 5.95. The van der Waals surface area contributed by atoms with Gasteiger partial charge in [-0.25, -0.2) is 9.97 Å². The van der Waals surface area contributed by atoms with Crippen LogP contribution in [0, 0.1) is 0 Å². The van der Waals surface area contributed by atoms with Crippen LogP contribution in [0.15, 0.2) is 30.7 Å². The molecule has 2 aromatic rings. The molecule has 2 aromatic heterocycles. The molecule has 0 aliphatic carbocycles. The molecular weight excluding hydrogens is 242 g/mol. The Balaban J connectivity index is 2.01. The topological polar surface area (TPSA) is 82.7 Å². The fourth-order valence-electron chi connectivity index (χ4n) is 1.63. The zero-order valence-corrected chi connectivity index (χ0v) is 10.8. The van der Waals surface area contributed by atoms with E-state index in [1.165, 1.54) is 0 Å². The highest BCUT2D eigenvalue weighted by molar-refractivity contribution is 5.98. The molecule has 0 saturated carbocycles. The van der Waals surface area contributed by atoms with E-state index in [2.05, 4.69) is 32.5 Å². The van der Waals surface area contributed by atoms with Gasteiger partial charge in [-0.2, -0.15) is 0 Å². The van der Waals surface area contributed by atoms with Crippen LogP contribution in [0.4, 0.5) is 5.82 Å². The van der Waals surface area contributed by atoms with Crippen LogP contribution in [0.5, 0.6) is 0 Å². The third-order valence-corrected chi connectivity index (χ3v) is 2.57. The summed E-state index contributed by atoms with van der Waals surface area (Å²) in [5.74, 6) is 1.17. The lowest BCUT2D eigenvalue weighted by atomic mass is 10.2. The molecule has 0 unspecified atom stereocenters. The van der Waals surface area contributed by atoms with Crippen molar-refractivity contribution in [2.24, 2.45) is 0 Å². The van der Waals surface area contributed by atoms with Crippen LogP contribution < -0.4 is 10.6 Å². The molecule has 0 aliphatic heterocycles. The van der Waals surface area contributed by atoms with Gasteiger partial charge in [0.1, 0.15) is 11.6 Å². The smallest absolute Gasteiger partial charge is 0.255 e. The molecule has 0 aromatic carbocycles. The quantitative estimate of drug-likeness (QED) is 0.735. The summed E-state index contributed by atoms with van der Waals surface area (Å²) in [6.07, 6.45) is 6.02. The lowest BCUT2D eigenvalue weighted by Crippen LogP contribution is -2.25. The molecule has 0 bridgehead atoms. The van der Waals surface area contributed by atoms with E-state index < -0.39 is 0 Å². The van der Waals surface area contributed by atoms with Crippen molar-refractivity contribution in [2.75, 3.05) is 11.9 Å². The number of aromatic nitrogens is 3. The van der Waals surface area contributed by atoms with Gasteiger partial charge in [0.05, 0.1) is 12.1 Å². The largest absolute Gasteiger partial charge is 0.369 e. The van der Waals surface area contributed by atoms with E-state index in [1.54, 1.807) is 30.7 Å².